The van der Waals surface area contributed by atoms with Crippen LogP contribution in [-0.4, -0.2) is 17.8 Å². The fraction of sp³-hybridized carbons (Fsp3) is 0.333. The van der Waals surface area contributed by atoms with Crippen LogP contribution in [-0.2, 0) is 6.42 Å². The third kappa shape index (κ3) is 4.69. The van der Waals surface area contributed by atoms with Gasteiger partial charge in [0.1, 0.15) is 17.1 Å². The van der Waals surface area contributed by atoms with Crippen LogP contribution in [0.5, 0.6) is 11.5 Å². The van der Waals surface area contributed by atoms with Gasteiger partial charge in [0.2, 0.25) is 0 Å². The number of methoxy groups -OCH3 is 1. The number of rotatable bonds is 4. The van der Waals surface area contributed by atoms with Gasteiger partial charge in [-0.15, -0.1) is 0 Å². The largest absolute Gasteiger partial charge is 0.497 e. The van der Waals surface area contributed by atoms with Crippen molar-refractivity contribution >= 4 is 23.0 Å². The van der Waals surface area contributed by atoms with E-state index in [9.17, 15) is 0 Å². The second-order valence-corrected chi connectivity index (χ2v) is 7.56. The molecule has 5 nitrogen and oxygen atoms in total. The lowest BCUT2D eigenvalue weighted by atomic mass is 9.89. The lowest BCUT2D eigenvalue weighted by Crippen LogP contribution is -2.42. The highest BCUT2D eigenvalue weighted by Crippen LogP contribution is 2.41. The van der Waals surface area contributed by atoms with Crippen LogP contribution in [0.1, 0.15) is 37.4 Å². The topological polar surface area (TPSA) is 66.3 Å². The number of fused-ring (bicyclic) bond motifs is 1. The van der Waals surface area contributed by atoms with Gasteiger partial charge in [0.15, 0.2) is 5.11 Å². The molecule has 0 saturated heterocycles. The molecule has 140 valence electrons. The Kier molecular flexibility index (Phi) is 5.52. The van der Waals surface area contributed by atoms with Crippen LogP contribution < -0.4 is 20.1 Å². The molecular formula is C21H23N3O2S. The normalized spacial score (nSPS) is 17.0. The van der Waals surface area contributed by atoms with E-state index in [4.69, 9.17) is 27.0 Å². The molecule has 2 aromatic rings. The van der Waals surface area contributed by atoms with Gasteiger partial charge in [-0.2, -0.15) is 5.26 Å². The van der Waals surface area contributed by atoms with Gasteiger partial charge in [0.25, 0.3) is 0 Å². The van der Waals surface area contributed by atoms with Gasteiger partial charge in [0.05, 0.1) is 25.6 Å². The Balaban J connectivity index is 1.74. The predicted octanol–water partition coefficient (Wildman–Crippen LogP) is 4.35. The highest BCUT2D eigenvalue weighted by Gasteiger charge is 2.34. The number of ether oxygens (including phenoxy) is 2. The molecule has 0 radical (unpaired) electrons. The second-order valence-electron chi connectivity index (χ2n) is 7.15. The Morgan fingerprint density at radius 3 is 2.70 bits per heavy atom. The molecule has 0 bridgehead atoms. The quantitative estimate of drug-likeness (QED) is 0.768. The highest BCUT2D eigenvalue weighted by atomic mass is 32.1. The average molecular weight is 382 g/mol. The maximum Gasteiger partial charge on any atom is 0.171 e. The first kappa shape index (κ1) is 19.0. The van der Waals surface area contributed by atoms with Crippen molar-refractivity contribution in [2.45, 2.75) is 38.3 Å². The summed E-state index contributed by atoms with van der Waals surface area (Å²) in [5.41, 5.74) is 2.59. The van der Waals surface area contributed by atoms with Crippen LogP contribution >= 0.6 is 12.2 Å². The number of hydrogen-bond donors (Lipinski definition) is 2. The molecule has 2 N–H and O–H groups in total. The molecule has 0 unspecified atom stereocenters. The Morgan fingerprint density at radius 1 is 1.30 bits per heavy atom. The third-order valence-corrected chi connectivity index (χ3v) is 4.69. The van der Waals surface area contributed by atoms with Crippen molar-refractivity contribution in [2.24, 2.45) is 0 Å². The molecule has 0 spiro atoms. The maximum atomic E-state index is 8.76. The van der Waals surface area contributed by atoms with Gasteiger partial charge in [-0.3, -0.25) is 0 Å². The van der Waals surface area contributed by atoms with Gasteiger partial charge < -0.3 is 20.1 Å². The number of benzene rings is 2. The van der Waals surface area contributed by atoms with Gasteiger partial charge in [0, 0.05) is 17.7 Å². The molecule has 0 saturated carbocycles. The van der Waals surface area contributed by atoms with E-state index in [2.05, 4.69) is 30.6 Å². The second kappa shape index (κ2) is 7.85. The summed E-state index contributed by atoms with van der Waals surface area (Å²) in [5, 5.41) is 15.9. The van der Waals surface area contributed by atoms with Crippen molar-refractivity contribution in [2.75, 3.05) is 12.4 Å². The number of hydrogen-bond acceptors (Lipinski definition) is 4. The average Bonchev–Trinajstić information content (AvgIpc) is 2.62. The van der Waals surface area contributed by atoms with Crippen LogP contribution in [0.15, 0.2) is 42.5 Å². The number of nitriles is 1. The van der Waals surface area contributed by atoms with Gasteiger partial charge in [-0.25, -0.2) is 0 Å². The summed E-state index contributed by atoms with van der Waals surface area (Å²) in [6.45, 7) is 4.14. The molecule has 1 atom stereocenters. The Hall–Kier alpha value is -2.78. The van der Waals surface area contributed by atoms with Gasteiger partial charge >= 0.3 is 0 Å². The molecule has 1 aliphatic rings. The standard InChI is InChI=1S/C21H23N3O2S/c1-21(2)13-18(17-12-16(25-3)8-9-19(17)26-21)24-20(27)23-15-6-4-14(5-7-15)10-11-22/h4-9,12,18H,10,13H2,1-3H3,(H2,23,24,27)/t18-/m0/s1. The first-order chi connectivity index (χ1) is 12.9. The smallest absolute Gasteiger partial charge is 0.171 e. The summed E-state index contributed by atoms with van der Waals surface area (Å²) in [7, 11) is 1.65. The van der Waals surface area contributed by atoms with E-state index < -0.39 is 0 Å². The van der Waals surface area contributed by atoms with E-state index in [0.29, 0.717) is 11.5 Å². The van der Waals surface area contributed by atoms with Crippen LogP contribution in [0, 0.1) is 11.3 Å². The van der Waals surface area contributed by atoms with Crippen molar-refractivity contribution in [3.05, 3.63) is 53.6 Å². The summed E-state index contributed by atoms with van der Waals surface area (Å²) >= 11 is 5.52. The van der Waals surface area contributed by atoms with E-state index in [0.717, 1.165) is 34.7 Å². The molecule has 2 aromatic carbocycles. The fourth-order valence-electron chi connectivity index (χ4n) is 3.21. The SMILES string of the molecule is COc1ccc2c(c1)[C@@H](NC(=S)Nc1ccc(CC#N)cc1)CC(C)(C)O2. The van der Waals surface area contributed by atoms with E-state index in [1.165, 1.54) is 0 Å². The minimum Gasteiger partial charge on any atom is -0.497 e. The van der Waals surface area contributed by atoms with E-state index in [1.54, 1.807) is 7.11 Å². The van der Waals surface area contributed by atoms with Crippen LogP contribution in [0.2, 0.25) is 0 Å². The molecular weight excluding hydrogens is 358 g/mol. The first-order valence-corrected chi connectivity index (χ1v) is 9.21. The van der Waals surface area contributed by atoms with Crippen molar-refractivity contribution in [1.29, 1.82) is 5.26 Å². The zero-order chi connectivity index (χ0) is 19.4. The molecule has 0 amide bonds. The van der Waals surface area contributed by atoms with E-state index in [1.807, 2.05) is 42.5 Å². The monoisotopic (exact) mass is 381 g/mol. The van der Waals surface area contributed by atoms with Crippen molar-refractivity contribution < 1.29 is 9.47 Å². The zero-order valence-corrected chi connectivity index (χ0v) is 16.5. The van der Waals surface area contributed by atoms with Crippen molar-refractivity contribution in [3.8, 4) is 17.6 Å². The van der Waals surface area contributed by atoms with Crippen molar-refractivity contribution in [3.63, 3.8) is 0 Å². The number of nitrogens with one attached hydrogen (secondary N) is 2. The Bertz CT molecular complexity index is 872. The van der Waals surface area contributed by atoms with Crippen LogP contribution in [0.4, 0.5) is 5.69 Å². The zero-order valence-electron chi connectivity index (χ0n) is 15.7. The highest BCUT2D eigenvalue weighted by molar-refractivity contribution is 7.80. The first-order valence-electron chi connectivity index (χ1n) is 8.80. The minimum atomic E-state index is -0.298. The Labute approximate surface area is 165 Å². The van der Waals surface area contributed by atoms with Crippen LogP contribution in [0.25, 0.3) is 0 Å². The van der Waals surface area contributed by atoms with Gasteiger partial charge in [-0.05, 0) is 62.0 Å². The molecule has 0 aromatic heterocycles. The fourth-order valence-corrected chi connectivity index (χ4v) is 3.47. The molecule has 6 heteroatoms. The maximum absolute atomic E-state index is 8.76. The summed E-state index contributed by atoms with van der Waals surface area (Å²) in [4.78, 5) is 0. The molecule has 1 heterocycles. The lowest BCUT2D eigenvalue weighted by Gasteiger charge is -2.38. The van der Waals surface area contributed by atoms with Crippen molar-refractivity contribution in [1.82, 2.24) is 5.32 Å². The molecule has 0 aliphatic carbocycles. The molecule has 3 rings (SSSR count). The van der Waals surface area contributed by atoms with Crippen LogP contribution in [0.3, 0.4) is 0 Å². The number of anilines is 1. The van der Waals surface area contributed by atoms with E-state index in [-0.39, 0.29) is 11.6 Å². The third-order valence-electron chi connectivity index (χ3n) is 4.47. The summed E-state index contributed by atoms with van der Waals surface area (Å²) in [5.74, 6) is 1.63. The lowest BCUT2D eigenvalue weighted by molar-refractivity contribution is 0.0695. The molecule has 27 heavy (non-hydrogen) atoms. The summed E-state index contributed by atoms with van der Waals surface area (Å²) < 4.78 is 11.5. The minimum absolute atomic E-state index is 0.0108. The van der Waals surface area contributed by atoms with E-state index >= 15 is 0 Å². The van der Waals surface area contributed by atoms with Gasteiger partial charge in [-0.1, -0.05) is 12.1 Å². The Morgan fingerprint density at radius 2 is 2.04 bits per heavy atom. The predicted molar refractivity (Wildman–Crippen MR) is 110 cm³/mol. The molecule has 0 fully saturated rings. The summed E-state index contributed by atoms with van der Waals surface area (Å²) in [6, 6.07) is 15.7. The number of nitrogens with zero attached hydrogens (tertiary/aromatic N) is 1. The number of thiocarbonyl (C=S) groups is 1. The molecule has 1 aliphatic heterocycles. The summed E-state index contributed by atoms with van der Waals surface area (Å²) in [6.07, 6.45) is 1.18.